The molecule has 0 spiro atoms. The van der Waals surface area contributed by atoms with Crippen molar-refractivity contribution in [2.75, 3.05) is 11.9 Å². The second kappa shape index (κ2) is 9.47. The molecule has 0 aromatic heterocycles. The van der Waals surface area contributed by atoms with Crippen molar-refractivity contribution in [1.29, 1.82) is 0 Å². The van der Waals surface area contributed by atoms with Gasteiger partial charge in [-0.1, -0.05) is 65.7 Å². The van der Waals surface area contributed by atoms with Gasteiger partial charge in [0.15, 0.2) is 6.61 Å². The Kier molecular flexibility index (Phi) is 6.38. The van der Waals surface area contributed by atoms with Crippen LogP contribution in [-0.2, 0) is 30.3 Å². The van der Waals surface area contributed by atoms with Gasteiger partial charge in [-0.25, -0.2) is 4.79 Å². The zero-order chi connectivity index (χ0) is 24.7. The number of hydrogen-bond donors (Lipinski definition) is 1. The number of anilines is 1. The highest BCUT2D eigenvalue weighted by Crippen LogP contribution is 2.53. The van der Waals surface area contributed by atoms with Gasteiger partial charge in [0.1, 0.15) is 6.04 Å². The van der Waals surface area contributed by atoms with Gasteiger partial charge in [0.2, 0.25) is 11.8 Å². The Morgan fingerprint density at radius 2 is 1.66 bits per heavy atom. The molecule has 3 aliphatic rings. The fourth-order valence-corrected chi connectivity index (χ4v) is 5.82. The van der Waals surface area contributed by atoms with Crippen molar-refractivity contribution in [3.05, 3.63) is 76.3 Å². The van der Waals surface area contributed by atoms with Crippen molar-refractivity contribution in [3.8, 4) is 0 Å². The number of ether oxygens (including phenoxy) is 1. The summed E-state index contributed by atoms with van der Waals surface area (Å²) in [6.45, 7) is -0.598. The zero-order valence-electron chi connectivity index (χ0n) is 18.5. The molecule has 1 N–H and O–H groups in total. The Hall–Kier alpha value is -3.16. The van der Waals surface area contributed by atoms with Gasteiger partial charge < -0.3 is 10.1 Å². The Morgan fingerprint density at radius 1 is 1.00 bits per heavy atom. The van der Waals surface area contributed by atoms with Crippen LogP contribution in [0.3, 0.4) is 0 Å². The molecule has 2 fully saturated rings. The molecule has 2 aromatic rings. The third-order valence-electron chi connectivity index (χ3n) is 6.91. The van der Waals surface area contributed by atoms with Crippen molar-refractivity contribution in [2.45, 2.75) is 18.9 Å². The first-order valence-corrected chi connectivity index (χ1v) is 12.1. The van der Waals surface area contributed by atoms with Gasteiger partial charge in [0.05, 0.1) is 22.5 Å². The Morgan fingerprint density at radius 3 is 2.29 bits per heavy atom. The first-order valence-electron chi connectivity index (χ1n) is 11.3. The zero-order valence-corrected chi connectivity index (χ0v) is 20.0. The fraction of sp³-hybridized carbons (Fsp3) is 0.308. The number of imide groups is 1. The number of esters is 1. The number of fused-ring (bicyclic) bond motifs is 5. The molecule has 1 heterocycles. The molecule has 35 heavy (non-hydrogen) atoms. The lowest BCUT2D eigenvalue weighted by Crippen LogP contribution is -2.48. The Bertz CT molecular complexity index is 1200. The number of amides is 3. The maximum absolute atomic E-state index is 13.3. The maximum Gasteiger partial charge on any atom is 0.330 e. The molecule has 3 amide bonds. The molecule has 0 unspecified atom stereocenters. The smallest absolute Gasteiger partial charge is 0.330 e. The van der Waals surface area contributed by atoms with Gasteiger partial charge in [-0.05, 0) is 42.0 Å². The first-order chi connectivity index (χ1) is 16.8. The molecular formula is C26H22Cl2N2O5. The predicted molar refractivity (Wildman–Crippen MR) is 130 cm³/mol. The summed E-state index contributed by atoms with van der Waals surface area (Å²) in [5, 5.41) is 3.21. The first kappa shape index (κ1) is 23.6. The lowest BCUT2D eigenvalue weighted by Gasteiger charge is -2.26. The molecule has 5 atom stereocenters. The van der Waals surface area contributed by atoms with Gasteiger partial charge >= 0.3 is 5.97 Å². The fourth-order valence-electron chi connectivity index (χ4n) is 5.36. The molecule has 2 bridgehead atoms. The Balaban J connectivity index is 1.32. The molecule has 1 saturated heterocycles. The standard InChI is InChI=1S/C26H22Cl2N2O5/c27-17-8-9-19(18(28)12-17)29-21(31)13-35-26(34)20(10-14-4-2-1-3-5-14)30-24(32)22-15-6-7-16(11-15)23(22)25(30)33/h1-9,12,15-16,20,22-23H,10-11,13H2,(H,29,31)/t15-,16-,20+,22-,23+/m0/s1. The summed E-state index contributed by atoms with van der Waals surface area (Å²) in [6, 6.07) is 12.5. The quantitative estimate of drug-likeness (QED) is 0.345. The summed E-state index contributed by atoms with van der Waals surface area (Å²) in [4.78, 5) is 53.3. The third kappa shape index (κ3) is 4.46. The van der Waals surface area contributed by atoms with Crippen molar-refractivity contribution < 1.29 is 23.9 Å². The molecule has 0 radical (unpaired) electrons. The molecule has 7 nitrogen and oxygen atoms in total. The highest BCUT2D eigenvalue weighted by molar-refractivity contribution is 6.36. The van der Waals surface area contributed by atoms with Crippen LogP contribution in [0.5, 0.6) is 0 Å². The molecule has 2 aliphatic carbocycles. The summed E-state index contributed by atoms with van der Waals surface area (Å²) >= 11 is 11.9. The van der Waals surface area contributed by atoms with E-state index in [0.717, 1.165) is 16.9 Å². The van der Waals surface area contributed by atoms with Crippen LogP contribution in [0.1, 0.15) is 12.0 Å². The van der Waals surface area contributed by atoms with Crippen molar-refractivity contribution >= 4 is 52.6 Å². The van der Waals surface area contributed by atoms with Crippen LogP contribution >= 0.6 is 23.2 Å². The Labute approximate surface area is 212 Å². The van der Waals surface area contributed by atoms with Crippen LogP contribution in [0.15, 0.2) is 60.7 Å². The second-order valence-corrected chi connectivity index (χ2v) is 9.88. The number of allylic oxidation sites excluding steroid dienone is 2. The van der Waals surface area contributed by atoms with Gasteiger partial charge in [-0.2, -0.15) is 0 Å². The topological polar surface area (TPSA) is 92.8 Å². The summed E-state index contributed by atoms with van der Waals surface area (Å²) in [5.74, 6) is -2.92. The van der Waals surface area contributed by atoms with Gasteiger partial charge in [-0.3, -0.25) is 19.3 Å². The average Bonchev–Trinajstić information content (AvgIpc) is 3.52. The van der Waals surface area contributed by atoms with Gasteiger partial charge in [0, 0.05) is 11.4 Å². The monoisotopic (exact) mass is 512 g/mol. The van der Waals surface area contributed by atoms with Crippen LogP contribution in [0.25, 0.3) is 0 Å². The summed E-state index contributed by atoms with van der Waals surface area (Å²) in [5.41, 5.74) is 1.09. The van der Waals surface area contributed by atoms with Crippen molar-refractivity contribution in [1.82, 2.24) is 4.90 Å². The third-order valence-corrected chi connectivity index (χ3v) is 7.46. The lowest BCUT2D eigenvalue weighted by molar-refractivity contribution is -0.160. The number of carbonyl (C=O) groups is 4. The van der Waals surface area contributed by atoms with Crippen LogP contribution in [0, 0.1) is 23.7 Å². The van der Waals surface area contributed by atoms with Crippen LogP contribution in [0.2, 0.25) is 10.0 Å². The lowest BCUT2D eigenvalue weighted by atomic mass is 9.85. The van der Waals surface area contributed by atoms with E-state index in [9.17, 15) is 19.2 Å². The molecule has 5 rings (SSSR count). The molecule has 9 heteroatoms. The molecule has 2 aromatic carbocycles. The van der Waals surface area contributed by atoms with E-state index in [2.05, 4.69) is 5.32 Å². The number of benzene rings is 2. The number of halogens is 2. The molecular weight excluding hydrogens is 491 g/mol. The van der Waals surface area contributed by atoms with E-state index in [0.29, 0.717) is 10.7 Å². The minimum atomic E-state index is -1.16. The minimum absolute atomic E-state index is 0.0229. The number of carbonyl (C=O) groups excluding carboxylic acids is 4. The molecule has 1 saturated carbocycles. The predicted octanol–water partition coefficient (Wildman–Crippen LogP) is 3.89. The highest BCUT2D eigenvalue weighted by Gasteiger charge is 2.61. The normalized spacial score (nSPS) is 25.0. The van der Waals surface area contributed by atoms with Crippen LogP contribution < -0.4 is 5.32 Å². The summed E-state index contributed by atoms with van der Waals surface area (Å²) < 4.78 is 5.29. The minimum Gasteiger partial charge on any atom is -0.454 e. The maximum atomic E-state index is 13.3. The van der Waals surface area contributed by atoms with E-state index in [1.54, 1.807) is 6.07 Å². The SMILES string of the molecule is O=C(COC(=O)[C@@H](Cc1ccccc1)N1C(=O)[C@@H]2[C@H](C1=O)[C@H]1C=C[C@H]2C1)Nc1ccc(Cl)cc1Cl. The summed E-state index contributed by atoms with van der Waals surface area (Å²) in [6.07, 6.45) is 4.89. The molecule has 180 valence electrons. The average molecular weight is 513 g/mol. The van der Waals surface area contributed by atoms with Crippen molar-refractivity contribution in [3.63, 3.8) is 0 Å². The van der Waals surface area contributed by atoms with Gasteiger partial charge in [0.25, 0.3) is 5.91 Å². The number of likely N-dealkylation sites (tertiary alicyclic amines) is 1. The largest absolute Gasteiger partial charge is 0.454 e. The van der Waals surface area contributed by atoms with E-state index in [1.807, 2.05) is 42.5 Å². The number of rotatable bonds is 7. The second-order valence-electron chi connectivity index (χ2n) is 9.03. The van der Waals surface area contributed by atoms with E-state index >= 15 is 0 Å². The van der Waals surface area contributed by atoms with E-state index in [1.165, 1.54) is 12.1 Å². The van der Waals surface area contributed by atoms with Gasteiger partial charge in [-0.15, -0.1) is 0 Å². The van der Waals surface area contributed by atoms with Crippen LogP contribution in [-0.4, -0.2) is 41.2 Å². The van der Waals surface area contributed by atoms with Crippen LogP contribution in [0.4, 0.5) is 5.69 Å². The number of nitrogens with one attached hydrogen (secondary N) is 1. The number of nitrogens with zero attached hydrogens (tertiary/aromatic N) is 1. The summed E-state index contributed by atoms with van der Waals surface area (Å²) in [7, 11) is 0. The van der Waals surface area contributed by atoms with E-state index in [4.69, 9.17) is 27.9 Å². The highest BCUT2D eigenvalue weighted by atomic mass is 35.5. The van der Waals surface area contributed by atoms with Crippen molar-refractivity contribution in [2.24, 2.45) is 23.7 Å². The molecule has 1 aliphatic heterocycles. The number of hydrogen-bond acceptors (Lipinski definition) is 5. The van der Waals surface area contributed by atoms with E-state index in [-0.39, 0.29) is 35.1 Å². The van der Waals surface area contributed by atoms with E-state index < -0.39 is 36.4 Å².